The van der Waals surface area contributed by atoms with Crippen LogP contribution in [0.5, 0.6) is 5.75 Å². The third-order valence-corrected chi connectivity index (χ3v) is 7.57. The van der Waals surface area contributed by atoms with E-state index in [0.717, 1.165) is 35.4 Å². The van der Waals surface area contributed by atoms with Gasteiger partial charge in [-0.1, -0.05) is 12.1 Å². The molecule has 0 aliphatic carbocycles. The van der Waals surface area contributed by atoms with Gasteiger partial charge in [0.1, 0.15) is 17.7 Å². The molecule has 2 aliphatic rings. The van der Waals surface area contributed by atoms with Crippen LogP contribution in [0.15, 0.2) is 42.9 Å². The van der Waals surface area contributed by atoms with Crippen molar-refractivity contribution in [3.63, 3.8) is 0 Å². The lowest BCUT2D eigenvalue weighted by molar-refractivity contribution is -0.0843. The first kappa shape index (κ1) is 24.9. The van der Waals surface area contributed by atoms with Crippen molar-refractivity contribution in [3.8, 4) is 5.75 Å². The van der Waals surface area contributed by atoms with Crippen LogP contribution in [-0.4, -0.2) is 87.3 Å². The Morgan fingerprint density at radius 1 is 1.17 bits per heavy atom. The summed E-state index contributed by atoms with van der Waals surface area (Å²) < 4.78 is 12.8. The van der Waals surface area contributed by atoms with E-state index in [1.165, 1.54) is 4.88 Å². The van der Waals surface area contributed by atoms with Gasteiger partial charge in [0.25, 0.3) is 0 Å². The summed E-state index contributed by atoms with van der Waals surface area (Å²) in [6.45, 7) is 10.4. The molecule has 1 aromatic carbocycles. The third kappa shape index (κ3) is 5.62. The maximum atomic E-state index is 12.6. The molecule has 1 amide bonds. The number of amides is 1. The number of thiophene rings is 1. The molecule has 2 saturated heterocycles. The number of phenolic OH excluding ortho intramolecular Hbond substituents is 1. The molecule has 0 bridgehead atoms. The van der Waals surface area contributed by atoms with Gasteiger partial charge in [0.05, 0.1) is 29.1 Å². The molecular formula is C26H33N5O4S. The van der Waals surface area contributed by atoms with Gasteiger partial charge in [0, 0.05) is 50.3 Å². The molecule has 36 heavy (non-hydrogen) atoms. The van der Waals surface area contributed by atoms with E-state index in [0.29, 0.717) is 26.2 Å². The van der Waals surface area contributed by atoms with Gasteiger partial charge in [-0.2, -0.15) is 0 Å². The highest BCUT2D eigenvalue weighted by atomic mass is 32.1. The number of nitrogens with zero attached hydrogens (tertiary/aromatic N) is 5. The van der Waals surface area contributed by atoms with E-state index in [-0.39, 0.29) is 24.1 Å². The topological polar surface area (TPSA) is 91.3 Å². The van der Waals surface area contributed by atoms with Crippen LogP contribution in [0.2, 0.25) is 0 Å². The molecule has 4 heterocycles. The quantitative estimate of drug-likeness (QED) is 0.562. The van der Waals surface area contributed by atoms with Crippen LogP contribution >= 0.6 is 11.3 Å². The minimum Gasteiger partial charge on any atom is -0.508 e. The first-order valence-electron chi connectivity index (χ1n) is 12.3. The van der Waals surface area contributed by atoms with Gasteiger partial charge in [0.2, 0.25) is 0 Å². The second-order valence-electron chi connectivity index (χ2n) is 10.2. The Hall–Kier alpha value is -2.79. The number of aromatic nitrogens is 2. The maximum Gasteiger partial charge on any atom is 0.410 e. The average molecular weight is 512 g/mol. The number of benzene rings is 1. The van der Waals surface area contributed by atoms with Crippen LogP contribution in [0.1, 0.15) is 43.5 Å². The summed E-state index contributed by atoms with van der Waals surface area (Å²) >= 11 is 1.71. The summed E-state index contributed by atoms with van der Waals surface area (Å²) in [7, 11) is 0. The molecule has 2 fully saturated rings. The Morgan fingerprint density at radius 2 is 1.97 bits per heavy atom. The predicted octanol–water partition coefficient (Wildman–Crippen LogP) is 4.02. The number of rotatable bonds is 4. The molecule has 2 atom stereocenters. The standard InChI is InChI=1S/C26H33N5O4S/c1-26(2,3)35-25(33)30-9-7-29(8-10-30)24(22-14-20-23(36-22)15-27-17-28-20)31-11-12-34-21(16-31)18-5-4-6-19(32)13-18/h4-6,13-15,17,21,24,32H,7-12,16H2,1-3H3. The lowest BCUT2D eigenvalue weighted by Crippen LogP contribution is -2.55. The fourth-order valence-corrected chi connectivity index (χ4v) is 5.97. The molecule has 2 unspecified atom stereocenters. The van der Waals surface area contributed by atoms with E-state index in [9.17, 15) is 9.90 Å². The van der Waals surface area contributed by atoms with Crippen LogP contribution in [0.3, 0.4) is 0 Å². The van der Waals surface area contributed by atoms with Crippen LogP contribution in [0.4, 0.5) is 4.79 Å². The summed E-state index contributed by atoms with van der Waals surface area (Å²) in [6, 6.07) is 9.46. The minimum absolute atomic E-state index is 0.0219. The molecule has 10 heteroatoms. The van der Waals surface area contributed by atoms with Crippen molar-refractivity contribution in [1.82, 2.24) is 24.7 Å². The fourth-order valence-electron chi connectivity index (χ4n) is 4.82. The van der Waals surface area contributed by atoms with Crippen molar-refractivity contribution >= 4 is 27.6 Å². The number of morpholine rings is 1. The SMILES string of the molecule is CC(C)(C)OC(=O)N1CCN(C(c2cc3ncncc3s2)N2CCOC(c3cccc(O)c3)C2)CC1. The van der Waals surface area contributed by atoms with Crippen molar-refractivity contribution < 1.29 is 19.4 Å². The number of piperazine rings is 1. The molecule has 0 radical (unpaired) electrons. The molecular weight excluding hydrogens is 478 g/mol. The highest BCUT2D eigenvalue weighted by Crippen LogP contribution is 2.37. The van der Waals surface area contributed by atoms with Crippen molar-refractivity contribution in [3.05, 3.63) is 53.3 Å². The van der Waals surface area contributed by atoms with Gasteiger partial charge in [-0.3, -0.25) is 9.80 Å². The van der Waals surface area contributed by atoms with Crippen molar-refractivity contribution in [2.75, 3.05) is 45.9 Å². The van der Waals surface area contributed by atoms with E-state index in [4.69, 9.17) is 9.47 Å². The van der Waals surface area contributed by atoms with Crippen LogP contribution in [0.25, 0.3) is 10.2 Å². The van der Waals surface area contributed by atoms with Gasteiger partial charge < -0.3 is 19.5 Å². The van der Waals surface area contributed by atoms with E-state index >= 15 is 0 Å². The zero-order chi connectivity index (χ0) is 25.3. The average Bonchev–Trinajstić information content (AvgIpc) is 3.27. The Morgan fingerprint density at radius 3 is 2.69 bits per heavy atom. The van der Waals surface area contributed by atoms with E-state index < -0.39 is 5.60 Å². The number of hydrogen-bond acceptors (Lipinski definition) is 9. The van der Waals surface area contributed by atoms with E-state index in [2.05, 4.69) is 25.8 Å². The zero-order valence-corrected chi connectivity index (χ0v) is 21.8. The number of aromatic hydroxyl groups is 1. The van der Waals surface area contributed by atoms with Gasteiger partial charge in [0.15, 0.2) is 0 Å². The number of fused-ring (bicyclic) bond motifs is 1. The summed E-state index contributed by atoms with van der Waals surface area (Å²) in [4.78, 5) is 29.2. The van der Waals surface area contributed by atoms with Crippen molar-refractivity contribution in [1.29, 1.82) is 0 Å². The number of carbonyl (C=O) groups excluding carboxylic acids is 1. The number of carbonyl (C=O) groups is 1. The Labute approximate surface area is 215 Å². The third-order valence-electron chi connectivity index (χ3n) is 6.47. The number of phenols is 1. The highest BCUT2D eigenvalue weighted by Gasteiger charge is 2.36. The van der Waals surface area contributed by atoms with Crippen molar-refractivity contribution in [2.45, 2.75) is 38.6 Å². The van der Waals surface area contributed by atoms with Gasteiger partial charge in [-0.05, 0) is 44.5 Å². The largest absolute Gasteiger partial charge is 0.508 e. The normalized spacial score (nSPS) is 21.0. The molecule has 0 spiro atoms. The monoisotopic (exact) mass is 511 g/mol. The van der Waals surface area contributed by atoms with Gasteiger partial charge in [-0.25, -0.2) is 14.8 Å². The molecule has 0 saturated carbocycles. The second-order valence-corrected chi connectivity index (χ2v) is 11.4. The molecule has 1 N–H and O–H groups in total. The second kappa shape index (κ2) is 10.3. The summed E-state index contributed by atoms with van der Waals surface area (Å²) in [6.07, 6.45) is 3.08. The lowest BCUT2D eigenvalue weighted by Gasteiger charge is -2.46. The van der Waals surface area contributed by atoms with Crippen molar-refractivity contribution in [2.24, 2.45) is 0 Å². The zero-order valence-electron chi connectivity index (χ0n) is 21.0. The molecule has 9 nitrogen and oxygen atoms in total. The van der Waals surface area contributed by atoms with Gasteiger partial charge >= 0.3 is 6.09 Å². The molecule has 2 aliphatic heterocycles. The Balaban J connectivity index is 1.38. The lowest BCUT2D eigenvalue weighted by atomic mass is 10.1. The number of hydrogen-bond donors (Lipinski definition) is 1. The number of ether oxygens (including phenoxy) is 2. The summed E-state index contributed by atoms with van der Waals surface area (Å²) in [5.74, 6) is 0.242. The Kier molecular flexibility index (Phi) is 7.11. The first-order chi connectivity index (χ1) is 17.3. The van der Waals surface area contributed by atoms with E-state index in [1.807, 2.05) is 39.1 Å². The molecule has 5 rings (SSSR count). The van der Waals surface area contributed by atoms with Crippen LogP contribution < -0.4 is 0 Å². The predicted molar refractivity (Wildman–Crippen MR) is 138 cm³/mol. The fraction of sp³-hybridized carbons (Fsp3) is 0.500. The smallest absolute Gasteiger partial charge is 0.410 e. The Bertz CT molecular complexity index is 1170. The molecule has 2 aromatic heterocycles. The van der Waals surface area contributed by atoms with Crippen LogP contribution in [-0.2, 0) is 9.47 Å². The van der Waals surface area contributed by atoms with Crippen LogP contribution in [0, 0.1) is 0 Å². The summed E-state index contributed by atoms with van der Waals surface area (Å²) in [5.41, 5.74) is 1.40. The maximum absolute atomic E-state index is 12.6. The van der Waals surface area contributed by atoms with Gasteiger partial charge in [-0.15, -0.1) is 11.3 Å². The molecule has 3 aromatic rings. The molecule has 192 valence electrons. The first-order valence-corrected chi connectivity index (χ1v) is 13.1. The highest BCUT2D eigenvalue weighted by molar-refractivity contribution is 7.19. The summed E-state index contributed by atoms with van der Waals surface area (Å²) in [5, 5.41) is 9.99. The van der Waals surface area contributed by atoms with E-state index in [1.54, 1.807) is 34.7 Å². The minimum atomic E-state index is -0.510.